The van der Waals surface area contributed by atoms with E-state index in [2.05, 4.69) is 154 Å². The topological polar surface area (TPSA) is 25.8 Å². The highest BCUT2D eigenvalue weighted by molar-refractivity contribution is 5.65. The Labute approximate surface area is 289 Å². The fourth-order valence-corrected chi connectivity index (χ4v) is 6.02. The summed E-state index contributed by atoms with van der Waals surface area (Å²) in [5.74, 6) is 2.51. The second kappa shape index (κ2) is 16.8. The summed E-state index contributed by atoms with van der Waals surface area (Å²) < 4.78 is 0. The van der Waals surface area contributed by atoms with Crippen LogP contribution in [0.2, 0.25) is 0 Å². The zero-order valence-electron chi connectivity index (χ0n) is 29.6. The van der Waals surface area contributed by atoms with E-state index in [0.717, 1.165) is 28.8 Å². The lowest BCUT2D eigenvalue weighted by Gasteiger charge is -2.26. The Kier molecular flexibility index (Phi) is 12.1. The van der Waals surface area contributed by atoms with Crippen LogP contribution in [0, 0.1) is 40.5 Å². The molecule has 1 aromatic heterocycles. The third-order valence-corrected chi connectivity index (χ3v) is 9.31. The molecule has 244 valence electrons. The first-order chi connectivity index (χ1) is 23.2. The molecule has 0 saturated heterocycles. The maximum absolute atomic E-state index is 4.27. The van der Waals surface area contributed by atoms with Gasteiger partial charge < -0.3 is 0 Å². The minimum Gasteiger partial charge on any atom is -0.236 e. The van der Waals surface area contributed by atoms with E-state index in [-0.39, 0.29) is 0 Å². The SMILES string of the molecule is Cc1ccc(-c2ccc(C)cc2)cc1.Cc1ccc(-c2ccc(C3CCC(C)CC3)cc2)cc1.Cc1ccc(-c2ncc(C)cn2)cc1. The summed E-state index contributed by atoms with van der Waals surface area (Å²) >= 11 is 0. The number of aryl methyl sites for hydroxylation is 5. The quantitative estimate of drug-likeness (QED) is 0.194. The van der Waals surface area contributed by atoms with Crippen molar-refractivity contribution in [3.63, 3.8) is 0 Å². The molecule has 2 heteroatoms. The molecule has 1 aliphatic rings. The van der Waals surface area contributed by atoms with Gasteiger partial charge in [-0.3, -0.25) is 0 Å². The van der Waals surface area contributed by atoms with Crippen molar-refractivity contribution in [3.05, 3.63) is 167 Å². The van der Waals surface area contributed by atoms with Crippen LogP contribution in [-0.4, -0.2) is 9.97 Å². The maximum Gasteiger partial charge on any atom is 0.159 e. The lowest BCUT2D eigenvalue weighted by molar-refractivity contribution is 0.348. The molecule has 0 amide bonds. The van der Waals surface area contributed by atoms with E-state index in [1.54, 1.807) is 0 Å². The van der Waals surface area contributed by atoms with Crippen LogP contribution in [0.25, 0.3) is 33.6 Å². The highest BCUT2D eigenvalue weighted by Crippen LogP contribution is 2.36. The molecular weight excluding hydrogens is 581 g/mol. The lowest BCUT2D eigenvalue weighted by Crippen LogP contribution is -2.10. The average Bonchev–Trinajstić information content (AvgIpc) is 3.11. The van der Waals surface area contributed by atoms with Gasteiger partial charge in [0.05, 0.1) is 0 Å². The lowest BCUT2D eigenvalue weighted by atomic mass is 9.79. The number of rotatable bonds is 4. The van der Waals surface area contributed by atoms with Crippen LogP contribution in [0.3, 0.4) is 0 Å². The van der Waals surface area contributed by atoms with Crippen molar-refractivity contribution in [1.82, 2.24) is 9.97 Å². The summed E-state index contributed by atoms with van der Waals surface area (Å²) in [7, 11) is 0. The van der Waals surface area contributed by atoms with Gasteiger partial charge in [-0.15, -0.1) is 0 Å². The molecule has 5 aromatic carbocycles. The predicted molar refractivity (Wildman–Crippen MR) is 205 cm³/mol. The summed E-state index contributed by atoms with van der Waals surface area (Å²) in [4.78, 5) is 8.53. The summed E-state index contributed by atoms with van der Waals surface area (Å²) in [5, 5.41) is 0. The van der Waals surface area contributed by atoms with Crippen LogP contribution in [0.15, 0.2) is 134 Å². The number of aromatic nitrogens is 2. The predicted octanol–water partition coefficient (Wildman–Crippen LogP) is 12.7. The zero-order valence-corrected chi connectivity index (χ0v) is 29.6. The van der Waals surface area contributed by atoms with Gasteiger partial charge in [0.15, 0.2) is 5.82 Å². The Morgan fingerprint density at radius 1 is 0.375 bits per heavy atom. The monoisotopic (exact) mass is 630 g/mol. The Hall–Kier alpha value is -4.82. The van der Waals surface area contributed by atoms with Gasteiger partial charge in [-0.1, -0.05) is 163 Å². The van der Waals surface area contributed by atoms with Crippen molar-refractivity contribution in [3.8, 4) is 33.6 Å². The highest BCUT2D eigenvalue weighted by atomic mass is 14.9. The van der Waals surface area contributed by atoms with Crippen molar-refractivity contribution < 1.29 is 0 Å². The van der Waals surface area contributed by atoms with Crippen LogP contribution in [0.5, 0.6) is 0 Å². The fraction of sp³-hybridized carbons (Fsp3) is 0.261. The first-order valence-corrected chi connectivity index (χ1v) is 17.4. The van der Waals surface area contributed by atoms with E-state index in [1.165, 1.54) is 75.8 Å². The minimum absolute atomic E-state index is 0.788. The van der Waals surface area contributed by atoms with Gasteiger partial charge in [-0.05, 0) is 92.7 Å². The van der Waals surface area contributed by atoms with Crippen LogP contribution >= 0.6 is 0 Å². The number of nitrogens with zero attached hydrogens (tertiary/aromatic N) is 2. The van der Waals surface area contributed by atoms with Crippen LogP contribution in [-0.2, 0) is 0 Å². The second-order valence-corrected chi connectivity index (χ2v) is 13.6. The summed E-state index contributed by atoms with van der Waals surface area (Å²) in [5.41, 5.74) is 14.1. The first-order valence-electron chi connectivity index (χ1n) is 17.4. The molecular formula is C46H50N2. The Morgan fingerprint density at radius 2 is 0.688 bits per heavy atom. The van der Waals surface area contributed by atoms with E-state index >= 15 is 0 Å². The van der Waals surface area contributed by atoms with Gasteiger partial charge in [0.25, 0.3) is 0 Å². The summed E-state index contributed by atoms with van der Waals surface area (Å²) in [6.45, 7) is 12.8. The van der Waals surface area contributed by atoms with Gasteiger partial charge in [0, 0.05) is 18.0 Å². The largest absolute Gasteiger partial charge is 0.236 e. The smallest absolute Gasteiger partial charge is 0.159 e. The van der Waals surface area contributed by atoms with E-state index in [0.29, 0.717) is 0 Å². The normalized spacial score (nSPS) is 15.4. The molecule has 48 heavy (non-hydrogen) atoms. The van der Waals surface area contributed by atoms with Crippen molar-refractivity contribution in [1.29, 1.82) is 0 Å². The van der Waals surface area contributed by atoms with Gasteiger partial charge in [-0.25, -0.2) is 9.97 Å². The molecule has 0 unspecified atom stereocenters. The highest BCUT2D eigenvalue weighted by Gasteiger charge is 2.19. The van der Waals surface area contributed by atoms with Crippen molar-refractivity contribution in [2.75, 3.05) is 0 Å². The molecule has 7 rings (SSSR count). The molecule has 1 aliphatic carbocycles. The third-order valence-electron chi connectivity index (χ3n) is 9.31. The molecule has 0 atom stereocenters. The standard InChI is InChI=1S/C20H24.C14H14.C12H12N2/c1-15-3-7-17(8-4-15)19-11-13-20(14-12-19)18-9-5-16(2)6-10-18;1-11-3-7-13(8-4-11)14-9-5-12(2)6-10-14;1-9-3-5-11(6-4-9)12-13-7-10(2)8-14-12/h3-4,7-8,11-14,16,18H,5-6,9-10H2,1-2H3;3-10H,1-2H3;3-8H,1-2H3. The Bertz CT molecular complexity index is 1630. The number of hydrogen-bond acceptors (Lipinski definition) is 2. The Morgan fingerprint density at radius 3 is 1.04 bits per heavy atom. The molecule has 1 saturated carbocycles. The maximum atomic E-state index is 4.27. The van der Waals surface area contributed by atoms with E-state index < -0.39 is 0 Å². The van der Waals surface area contributed by atoms with Crippen molar-refractivity contribution in [2.24, 2.45) is 5.92 Å². The van der Waals surface area contributed by atoms with Gasteiger partial charge in [0.2, 0.25) is 0 Å². The Balaban J connectivity index is 0.000000145. The molecule has 0 radical (unpaired) electrons. The first kappa shape index (κ1) is 34.5. The van der Waals surface area contributed by atoms with Crippen molar-refractivity contribution in [2.45, 2.75) is 73.1 Å². The van der Waals surface area contributed by atoms with Gasteiger partial charge >= 0.3 is 0 Å². The zero-order chi connectivity index (χ0) is 33.9. The fourth-order valence-electron chi connectivity index (χ4n) is 6.02. The average molecular weight is 631 g/mol. The van der Waals surface area contributed by atoms with Crippen LogP contribution in [0.4, 0.5) is 0 Å². The third kappa shape index (κ3) is 10.1. The number of benzene rings is 5. The van der Waals surface area contributed by atoms with E-state index in [9.17, 15) is 0 Å². The van der Waals surface area contributed by atoms with Crippen molar-refractivity contribution >= 4 is 0 Å². The molecule has 2 nitrogen and oxygen atoms in total. The van der Waals surface area contributed by atoms with Crippen LogP contribution in [0.1, 0.15) is 71.9 Å². The van der Waals surface area contributed by atoms with E-state index in [1.807, 2.05) is 31.5 Å². The summed E-state index contributed by atoms with van der Waals surface area (Å²) in [6.07, 6.45) is 9.19. The second-order valence-electron chi connectivity index (χ2n) is 13.6. The molecule has 0 spiro atoms. The molecule has 6 aromatic rings. The molecule has 1 heterocycles. The summed E-state index contributed by atoms with van der Waals surface area (Å²) in [6, 6.07) is 43.5. The van der Waals surface area contributed by atoms with Gasteiger partial charge in [-0.2, -0.15) is 0 Å². The molecule has 0 bridgehead atoms. The van der Waals surface area contributed by atoms with Crippen LogP contribution < -0.4 is 0 Å². The molecule has 1 fully saturated rings. The van der Waals surface area contributed by atoms with E-state index in [4.69, 9.17) is 0 Å². The minimum atomic E-state index is 0.788. The number of hydrogen-bond donors (Lipinski definition) is 0. The van der Waals surface area contributed by atoms with Gasteiger partial charge in [0.1, 0.15) is 0 Å². The molecule has 0 N–H and O–H groups in total. The molecule has 0 aliphatic heterocycles.